The lowest BCUT2D eigenvalue weighted by atomic mass is 10.3. The Morgan fingerprint density at radius 1 is 1.43 bits per heavy atom. The van der Waals surface area contributed by atoms with Gasteiger partial charge in [0.2, 0.25) is 6.08 Å². The molecular formula is C7H6NO4PS. The molecular weight excluding hydrogens is 225 g/mol. The largest absolute Gasteiger partial charge is 0.422 e. The van der Waals surface area contributed by atoms with Crippen molar-refractivity contribution in [1.82, 2.24) is 0 Å². The minimum atomic E-state index is -3.79. The maximum atomic E-state index is 10.0. The molecule has 0 atom stereocenters. The van der Waals surface area contributed by atoms with Crippen LogP contribution in [0, 0.1) is 0 Å². The first-order chi connectivity index (χ1) is 6.53. The van der Waals surface area contributed by atoms with Crippen LogP contribution in [0.5, 0.6) is 5.75 Å². The molecule has 5 nitrogen and oxygen atoms in total. The predicted octanol–water partition coefficient (Wildman–Crippen LogP) is 1.24. The summed E-state index contributed by atoms with van der Waals surface area (Å²) in [6, 6.07) is 6.08. The van der Waals surface area contributed by atoms with E-state index in [-0.39, 0.29) is 11.4 Å². The third-order valence-electron chi connectivity index (χ3n) is 1.25. The van der Waals surface area contributed by atoms with Gasteiger partial charge in [-0.05, 0) is 12.1 Å². The molecule has 0 saturated carbocycles. The highest BCUT2D eigenvalue weighted by molar-refractivity contribution is 8.06. The second kappa shape index (κ2) is 4.46. The quantitative estimate of drug-likeness (QED) is 0.465. The van der Waals surface area contributed by atoms with Crippen LogP contribution in [0.1, 0.15) is 0 Å². The van der Waals surface area contributed by atoms with Gasteiger partial charge in [0.05, 0.1) is 0 Å². The van der Waals surface area contributed by atoms with Gasteiger partial charge in [-0.15, -0.1) is 0 Å². The summed E-state index contributed by atoms with van der Waals surface area (Å²) in [5.41, 5.74) is 0.153. The molecule has 0 bridgehead atoms. The molecule has 2 N–H and O–H groups in total. The van der Waals surface area contributed by atoms with Gasteiger partial charge in [-0.25, -0.2) is 4.79 Å². The molecule has 14 heavy (non-hydrogen) atoms. The number of nitrogens with zero attached hydrogens (tertiary/aromatic N) is 1. The van der Waals surface area contributed by atoms with Gasteiger partial charge in [-0.1, -0.05) is 12.1 Å². The van der Waals surface area contributed by atoms with Crippen molar-refractivity contribution in [3.05, 3.63) is 24.3 Å². The molecule has 0 heterocycles. The van der Waals surface area contributed by atoms with E-state index in [4.69, 9.17) is 9.79 Å². The minimum Gasteiger partial charge on any atom is -0.422 e. The molecule has 0 fully saturated rings. The topological polar surface area (TPSA) is 79.1 Å². The van der Waals surface area contributed by atoms with E-state index in [1.54, 1.807) is 12.1 Å². The number of carbonyl (C=O) groups excluding carboxylic acids is 1. The second-order valence-electron chi connectivity index (χ2n) is 2.25. The molecule has 1 rings (SSSR count). The Bertz CT molecular complexity index is 423. The molecule has 74 valence electrons. The van der Waals surface area contributed by atoms with Crippen molar-refractivity contribution < 1.29 is 19.1 Å². The highest BCUT2D eigenvalue weighted by Gasteiger charge is 2.12. The zero-order valence-electron chi connectivity index (χ0n) is 6.82. The summed E-state index contributed by atoms with van der Waals surface area (Å²) in [6.07, 6.45) is 1.32. The fourth-order valence-corrected chi connectivity index (χ4v) is 1.46. The van der Waals surface area contributed by atoms with Crippen LogP contribution in [-0.2, 0) is 16.6 Å². The second-order valence-corrected chi connectivity index (χ2v) is 4.84. The van der Waals surface area contributed by atoms with Crippen LogP contribution in [0.4, 0.5) is 5.69 Å². The fraction of sp³-hybridized carbons (Fsp3) is 0. The Balaban J connectivity index is 3.07. The Kier molecular flexibility index (Phi) is 3.52. The van der Waals surface area contributed by atoms with Crippen LogP contribution in [0.15, 0.2) is 29.3 Å². The van der Waals surface area contributed by atoms with Crippen molar-refractivity contribution in [3.8, 4) is 5.75 Å². The zero-order chi connectivity index (χ0) is 10.6. The Hall–Kier alpha value is -1.03. The van der Waals surface area contributed by atoms with E-state index in [1.165, 1.54) is 18.2 Å². The van der Waals surface area contributed by atoms with Crippen LogP contribution in [0.2, 0.25) is 0 Å². The first-order valence-electron chi connectivity index (χ1n) is 3.45. The maximum Gasteiger partial charge on any atom is 0.375 e. The van der Waals surface area contributed by atoms with Crippen molar-refractivity contribution in [3.63, 3.8) is 0 Å². The summed E-state index contributed by atoms with van der Waals surface area (Å²) in [7, 11) is 0. The zero-order valence-corrected chi connectivity index (χ0v) is 8.53. The molecule has 0 amide bonds. The summed E-state index contributed by atoms with van der Waals surface area (Å²) in [6.45, 7) is -3.79. The normalized spacial score (nSPS) is 10.4. The van der Waals surface area contributed by atoms with E-state index in [1.807, 2.05) is 0 Å². The van der Waals surface area contributed by atoms with Gasteiger partial charge in [0, 0.05) is 11.8 Å². The lowest BCUT2D eigenvalue weighted by Gasteiger charge is -2.10. The van der Waals surface area contributed by atoms with Gasteiger partial charge in [-0.2, -0.15) is 4.99 Å². The molecule has 0 unspecified atom stereocenters. The summed E-state index contributed by atoms with van der Waals surface area (Å²) >= 11 is 4.27. The number of para-hydroxylation sites is 2. The van der Waals surface area contributed by atoms with E-state index in [0.717, 1.165) is 0 Å². The highest BCUT2D eigenvalue weighted by Crippen LogP contribution is 2.41. The van der Waals surface area contributed by atoms with Gasteiger partial charge in [0.1, 0.15) is 5.69 Å². The Morgan fingerprint density at radius 2 is 2.07 bits per heavy atom. The lowest BCUT2D eigenvalue weighted by molar-refractivity contribution is 0.371. The molecule has 0 aliphatic carbocycles. The monoisotopic (exact) mass is 231 g/mol. The van der Waals surface area contributed by atoms with Crippen LogP contribution < -0.4 is 4.52 Å². The number of hydrogen-bond acceptors (Lipinski definition) is 4. The smallest absolute Gasteiger partial charge is 0.375 e. The van der Waals surface area contributed by atoms with Gasteiger partial charge in [0.25, 0.3) is 0 Å². The van der Waals surface area contributed by atoms with Crippen LogP contribution in [-0.4, -0.2) is 15.9 Å². The minimum absolute atomic E-state index is 0.0455. The fourth-order valence-electron chi connectivity index (χ4n) is 0.804. The summed E-state index contributed by atoms with van der Waals surface area (Å²) in [4.78, 5) is 31.1. The van der Waals surface area contributed by atoms with Crippen LogP contribution in [0.3, 0.4) is 0 Å². The van der Waals surface area contributed by atoms with Crippen molar-refractivity contribution in [1.29, 1.82) is 0 Å². The van der Waals surface area contributed by atoms with E-state index in [2.05, 4.69) is 21.3 Å². The van der Waals surface area contributed by atoms with Crippen molar-refractivity contribution in [2.45, 2.75) is 0 Å². The van der Waals surface area contributed by atoms with Gasteiger partial charge in [-0.3, -0.25) is 0 Å². The van der Waals surface area contributed by atoms with E-state index < -0.39 is 6.72 Å². The summed E-state index contributed by atoms with van der Waals surface area (Å²) in [5.74, 6) is 0.0455. The maximum absolute atomic E-state index is 10.0. The van der Waals surface area contributed by atoms with E-state index in [9.17, 15) is 4.79 Å². The number of rotatable bonds is 3. The third kappa shape index (κ3) is 3.38. The number of benzene rings is 1. The molecule has 0 saturated heterocycles. The Morgan fingerprint density at radius 3 is 2.64 bits per heavy atom. The van der Waals surface area contributed by atoms with Crippen molar-refractivity contribution >= 4 is 30.3 Å². The van der Waals surface area contributed by atoms with Crippen molar-refractivity contribution in [2.24, 2.45) is 4.99 Å². The van der Waals surface area contributed by atoms with E-state index >= 15 is 0 Å². The van der Waals surface area contributed by atoms with Gasteiger partial charge >= 0.3 is 6.72 Å². The van der Waals surface area contributed by atoms with E-state index in [0.29, 0.717) is 0 Å². The lowest BCUT2D eigenvalue weighted by Crippen LogP contribution is -1.89. The number of hydrogen-bond donors (Lipinski definition) is 2. The summed E-state index contributed by atoms with van der Waals surface area (Å²) < 4.78 is 4.65. The number of isocyanates is 1. The molecule has 0 aliphatic heterocycles. The average molecular weight is 231 g/mol. The van der Waals surface area contributed by atoms with Crippen LogP contribution >= 0.6 is 6.72 Å². The molecule has 0 spiro atoms. The van der Waals surface area contributed by atoms with Crippen molar-refractivity contribution in [2.75, 3.05) is 0 Å². The first kappa shape index (κ1) is 11.0. The predicted molar refractivity (Wildman–Crippen MR) is 53.6 cm³/mol. The molecule has 7 heteroatoms. The molecule has 1 aromatic carbocycles. The van der Waals surface area contributed by atoms with Gasteiger partial charge in [0.15, 0.2) is 5.75 Å². The SMILES string of the molecule is O=C=Nc1ccccc1OP(O)(O)=S. The standard InChI is InChI=1S/C7H6NO4PS/c9-5-8-6-3-1-2-4-7(6)12-13(10,11)14/h1-4H,(H2,10,11,14). The Labute approximate surface area is 84.9 Å². The average Bonchev–Trinajstić information content (AvgIpc) is 2.06. The molecule has 1 aromatic rings. The molecule has 0 radical (unpaired) electrons. The molecule has 0 aliphatic rings. The molecule has 0 aromatic heterocycles. The van der Waals surface area contributed by atoms with Crippen LogP contribution in [0.25, 0.3) is 0 Å². The third-order valence-corrected chi connectivity index (χ3v) is 1.91. The van der Waals surface area contributed by atoms with Gasteiger partial charge < -0.3 is 14.3 Å². The summed E-state index contributed by atoms with van der Waals surface area (Å²) in [5, 5.41) is 0. The number of aliphatic imine (C=N–C) groups is 1. The first-order valence-corrected chi connectivity index (χ1v) is 6.07. The highest BCUT2D eigenvalue weighted by atomic mass is 32.5.